The molecule has 0 saturated heterocycles. The zero-order valence-corrected chi connectivity index (χ0v) is 17.1. The van der Waals surface area contributed by atoms with E-state index >= 15 is 0 Å². The molecule has 4 rings (SSSR count). The first kappa shape index (κ1) is 22.7. The average Bonchev–Trinajstić information content (AvgIpc) is 2.82. The van der Waals surface area contributed by atoms with E-state index in [2.05, 4.69) is 15.3 Å². The number of pyridine rings is 2. The molecule has 4 aromatic rings. The lowest BCUT2D eigenvalue weighted by Gasteiger charge is -2.10. The minimum atomic E-state index is -0.115. The van der Waals surface area contributed by atoms with Crippen molar-refractivity contribution in [1.82, 2.24) is 15.3 Å². The van der Waals surface area contributed by atoms with Crippen LogP contribution in [-0.2, 0) is 12.8 Å². The molecule has 0 aliphatic rings. The standard InChI is InChI=1S/C25H24N4O2.CH4/c26-24-23-17-22(8-7-20(23)11-14-28-24)31-16-15-29-25(30)21-5-3-18(4-6-21)1-2-19-9-12-27-13-10-19;/h3-14,17H,1-2,15-16H2,(H2,26,28)(H,29,30);1H4. The lowest BCUT2D eigenvalue weighted by Crippen LogP contribution is -2.28. The summed E-state index contributed by atoms with van der Waals surface area (Å²) in [6.07, 6.45) is 7.16. The summed E-state index contributed by atoms with van der Waals surface area (Å²) in [6.45, 7) is 0.768. The van der Waals surface area contributed by atoms with Crippen LogP contribution in [0.15, 0.2) is 79.3 Å². The zero-order chi connectivity index (χ0) is 21.5. The van der Waals surface area contributed by atoms with E-state index in [1.807, 2.05) is 60.7 Å². The molecule has 2 heterocycles. The van der Waals surface area contributed by atoms with Crippen LogP contribution >= 0.6 is 0 Å². The van der Waals surface area contributed by atoms with Crippen molar-refractivity contribution in [2.75, 3.05) is 18.9 Å². The minimum Gasteiger partial charge on any atom is -0.492 e. The smallest absolute Gasteiger partial charge is 0.251 e. The Hall–Kier alpha value is -3.93. The maximum absolute atomic E-state index is 12.4. The number of benzene rings is 2. The SMILES string of the molecule is C.Nc1nccc2ccc(OCCNC(=O)c3ccc(CCc4ccncc4)cc3)cc12. The first-order chi connectivity index (χ1) is 15.2. The topological polar surface area (TPSA) is 90.1 Å². The van der Waals surface area contributed by atoms with Gasteiger partial charge in [0.2, 0.25) is 0 Å². The molecule has 0 aliphatic heterocycles. The minimum absolute atomic E-state index is 0. The lowest BCUT2D eigenvalue weighted by molar-refractivity contribution is 0.0947. The number of ether oxygens (including phenoxy) is 1. The van der Waals surface area contributed by atoms with Crippen LogP contribution in [-0.4, -0.2) is 29.0 Å². The summed E-state index contributed by atoms with van der Waals surface area (Å²) in [4.78, 5) is 20.5. The number of hydrogen-bond acceptors (Lipinski definition) is 5. The van der Waals surface area contributed by atoms with Gasteiger partial charge in [-0.1, -0.05) is 25.6 Å². The number of aryl methyl sites for hydroxylation is 2. The number of rotatable bonds is 8. The van der Waals surface area contributed by atoms with E-state index in [1.54, 1.807) is 18.6 Å². The molecule has 0 atom stereocenters. The first-order valence-electron chi connectivity index (χ1n) is 10.2. The third-order valence-electron chi connectivity index (χ3n) is 5.09. The molecule has 0 unspecified atom stereocenters. The van der Waals surface area contributed by atoms with Crippen molar-refractivity contribution in [1.29, 1.82) is 0 Å². The fraction of sp³-hybridized carbons (Fsp3) is 0.192. The highest BCUT2D eigenvalue weighted by molar-refractivity contribution is 5.94. The highest BCUT2D eigenvalue weighted by Gasteiger charge is 2.06. The Bertz CT molecular complexity index is 1160. The Morgan fingerprint density at radius 2 is 1.62 bits per heavy atom. The second-order valence-corrected chi connectivity index (χ2v) is 7.24. The van der Waals surface area contributed by atoms with Crippen LogP contribution in [0.5, 0.6) is 5.75 Å². The third kappa shape index (κ3) is 5.82. The van der Waals surface area contributed by atoms with Crippen LogP contribution in [0.2, 0.25) is 0 Å². The number of aromatic nitrogens is 2. The van der Waals surface area contributed by atoms with E-state index in [4.69, 9.17) is 10.5 Å². The maximum Gasteiger partial charge on any atom is 0.251 e. The molecular weight excluding hydrogens is 400 g/mol. The van der Waals surface area contributed by atoms with E-state index in [1.165, 1.54) is 11.1 Å². The van der Waals surface area contributed by atoms with Gasteiger partial charge in [-0.25, -0.2) is 4.98 Å². The van der Waals surface area contributed by atoms with E-state index in [9.17, 15) is 4.79 Å². The van der Waals surface area contributed by atoms with Gasteiger partial charge in [0, 0.05) is 29.5 Å². The summed E-state index contributed by atoms with van der Waals surface area (Å²) in [5.41, 5.74) is 9.00. The number of anilines is 1. The summed E-state index contributed by atoms with van der Waals surface area (Å²) in [5, 5.41) is 4.75. The lowest BCUT2D eigenvalue weighted by atomic mass is 10.0. The number of carbonyl (C=O) groups excluding carboxylic acids is 1. The number of amides is 1. The van der Waals surface area contributed by atoms with E-state index in [0.717, 1.165) is 23.6 Å². The maximum atomic E-state index is 12.4. The van der Waals surface area contributed by atoms with Crippen molar-refractivity contribution in [2.24, 2.45) is 0 Å². The van der Waals surface area contributed by atoms with Crippen molar-refractivity contribution in [3.8, 4) is 5.75 Å². The van der Waals surface area contributed by atoms with Gasteiger partial charge < -0.3 is 15.8 Å². The largest absolute Gasteiger partial charge is 0.492 e. The number of hydrogen-bond donors (Lipinski definition) is 2. The fourth-order valence-corrected chi connectivity index (χ4v) is 3.36. The van der Waals surface area contributed by atoms with Crippen molar-refractivity contribution >= 4 is 22.5 Å². The molecular formula is C26H28N4O2. The molecule has 0 spiro atoms. The number of nitrogens with one attached hydrogen (secondary N) is 1. The van der Waals surface area contributed by atoms with Crippen molar-refractivity contribution in [3.05, 3.63) is 95.9 Å². The van der Waals surface area contributed by atoms with Crippen LogP contribution in [0, 0.1) is 0 Å². The number of nitrogen functional groups attached to an aromatic ring is 1. The molecule has 0 bridgehead atoms. The Morgan fingerprint density at radius 1 is 0.906 bits per heavy atom. The predicted octanol–water partition coefficient (Wildman–Crippen LogP) is 4.44. The van der Waals surface area contributed by atoms with Crippen LogP contribution in [0.3, 0.4) is 0 Å². The summed E-state index contributed by atoms with van der Waals surface area (Å²) in [6, 6.07) is 19.4. The van der Waals surface area contributed by atoms with Gasteiger partial charge >= 0.3 is 0 Å². The second kappa shape index (κ2) is 10.9. The molecule has 32 heavy (non-hydrogen) atoms. The van der Waals surface area contributed by atoms with Gasteiger partial charge in [-0.15, -0.1) is 0 Å². The van der Waals surface area contributed by atoms with Gasteiger partial charge in [-0.3, -0.25) is 9.78 Å². The van der Waals surface area contributed by atoms with Gasteiger partial charge in [0.05, 0.1) is 6.54 Å². The Balaban J connectivity index is 0.00000289. The van der Waals surface area contributed by atoms with E-state index < -0.39 is 0 Å². The zero-order valence-electron chi connectivity index (χ0n) is 17.1. The van der Waals surface area contributed by atoms with Crippen LogP contribution in [0.1, 0.15) is 28.9 Å². The second-order valence-electron chi connectivity index (χ2n) is 7.24. The van der Waals surface area contributed by atoms with Crippen LogP contribution in [0.25, 0.3) is 10.8 Å². The van der Waals surface area contributed by atoms with Gasteiger partial charge in [-0.2, -0.15) is 0 Å². The number of carbonyl (C=O) groups is 1. The Labute approximate surface area is 188 Å². The molecule has 2 aromatic carbocycles. The molecule has 2 aromatic heterocycles. The summed E-state index contributed by atoms with van der Waals surface area (Å²) in [5.74, 6) is 1.05. The molecule has 0 saturated carbocycles. The number of nitrogens with two attached hydrogens (primary N) is 1. The molecule has 0 aliphatic carbocycles. The molecule has 0 fully saturated rings. The number of nitrogens with zero attached hydrogens (tertiary/aromatic N) is 2. The summed E-state index contributed by atoms with van der Waals surface area (Å²) >= 11 is 0. The highest BCUT2D eigenvalue weighted by Crippen LogP contribution is 2.23. The molecule has 6 heteroatoms. The van der Waals surface area contributed by atoms with Gasteiger partial charge in [0.15, 0.2) is 0 Å². The summed E-state index contributed by atoms with van der Waals surface area (Å²) < 4.78 is 5.75. The van der Waals surface area contributed by atoms with Crippen LogP contribution < -0.4 is 15.8 Å². The van der Waals surface area contributed by atoms with Crippen molar-refractivity contribution < 1.29 is 9.53 Å². The van der Waals surface area contributed by atoms with Crippen molar-refractivity contribution in [3.63, 3.8) is 0 Å². The van der Waals surface area contributed by atoms with E-state index in [-0.39, 0.29) is 13.3 Å². The third-order valence-corrected chi connectivity index (χ3v) is 5.09. The molecule has 0 radical (unpaired) electrons. The quantitative estimate of drug-likeness (QED) is 0.405. The normalized spacial score (nSPS) is 10.4. The summed E-state index contributed by atoms with van der Waals surface area (Å²) in [7, 11) is 0. The fourth-order valence-electron chi connectivity index (χ4n) is 3.36. The Morgan fingerprint density at radius 3 is 2.38 bits per heavy atom. The molecule has 6 nitrogen and oxygen atoms in total. The average molecular weight is 429 g/mol. The molecule has 1 amide bonds. The molecule has 164 valence electrons. The highest BCUT2D eigenvalue weighted by atomic mass is 16.5. The Kier molecular flexibility index (Phi) is 7.75. The van der Waals surface area contributed by atoms with Crippen LogP contribution in [0.4, 0.5) is 5.82 Å². The van der Waals surface area contributed by atoms with Gasteiger partial charge in [-0.05, 0) is 71.8 Å². The predicted molar refractivity (Wildman–Crippen MR) is 129 cm³/mol. The van der Waals surface area contributed by atoms with Gasteiger partial charge in [0.1, 0.15) is 18.2 Å². The monoisotopic (exact) mass is 428 g/mol. The number of fused-ring (bicyclic) bond motifs is 1. The molecule has 3 N–H and O–H groups in total. The van der Waals surface area contributed by atoms with Crippen molar-refractivity contribution in [2.45, 2.75) is 20.3 Å². The first-order valence-corrected chi connectivity index (χ1v) is 10.2. The van der Waals surface area contributed by atoms with E-state index in [0.29, 0.717) is 30.3 Å². The van der Waals surface area contributed by atoms with Gasteiger partial charge in [0.25, 0.3) is 5.91 Å².